The molecule has 22 heavy (non-hydrogen) atoms. The number of aliphatic hydroxyl groups excluding tert-OH is 1. The maximum Gasteiger partial charge on any atom is 0.340 e. The molecule has 0 bridgehead atoms. The molecule has 0 aromatic carbocycles. The van der Waals surface area contributed by atoms with Gasteiger partial charge < -0.3 is 14.4 Å². The number of hydrogen-bond acceptors (Lipinski definition) is 5. The highest BCUT2D eigenvalue weighted by Gasteiger charge is 2.21. The van der Waals surface area contributed by atoms with Gasteiger partial charge in [-0.15, -0.1) is 0 Å². The molecule has 0 atom stereocenters. The number of rotatable bonds is 5. The van der Waals surface area contributed by atoms with Gasteiger partial charge in [-0.2, -0.15) is 0 Å². The first-order valence-electron chi connectivity index (χ1n) is 7.33. The summed E-state index contributed by atoms with van der Waals surface area (Å²) in [5.41, 5.74) is 1.40. The molecule has 0 saturated heterocycles. The number of ether oxygens (including phenoxy) is 1. The Bertz CT molecular complexity index is 765. The van der Waals surface area contributed by atoms with E-state index in [0.717, 1.165) is 0 Å². The van der Waals surface area contributed by atoms with Crippen LogP contribution in [0, 0.1) is 0 Å². The molecule has 0 fully saturated rings. The molecule has 2 aromatic rings. The molecule has 6 nitrogen and oxygen atoms in total. The molecular formula is C16H20N2O4. The zero-order valence-electron chi connectivity index (χ0n) is 13.0. The van der Waals surface area contributed by atoms with Crippen molar-refractivity contribution in [1.82, 2.24) is 9.55 Å². The molecule has 2 aromatic heterocycles. The van der Waals surface area contributed by atoms with E-state index in [1.165, 1.54) is 11.7 Å². The molecule has 2 heterocycles. The van der Waals surface area contributed by atoms with Crippen LogP contribution < -0.4 is 5.56 Å². The van der Waals surface area contributed by atoms with Crippen LogP contribution in [0.25, 0.3) is 10.8 Å². The Morgan fingerprint density at radius 2 is 2.00 bits per heavy atom. The second-order valence-electron chi connectivity index (χ2n) is 4.91. The Morgan fingerprint density at radius 3 is 2.55 bits per heavy atom. The number of aromatic nitrogens is 2. The minimum Gasteiger partial charge on any atom is -0.465 e. The average Bonchev–Trinajstić information content (AvgIpc) is 2.55. The number of pyridine rings is 2. The second-order valence-corrected chi connectivity index (χ2v) is 4.91. The largest absolute Gasteiger partial charge is 0.465 e. The van der Waals surface area contributed by atoms with E-state index in [-0.39, 0.29) is 18.7 Å². The first-order chi connectivity index (χ1) is 10.6. The van der Waals surface area contributed by atoms with Gasteiger partial charge in [-0.3, -0.25) is 9.78 Å². The van der Waals surface area contributed by atoms with Gasteiger partial charge in [0.2, 0.25) is 0 Å². The maximum atomic E-state index is 12.6. The quantitative estimate of drug-likeness (QED) is 0.842. The summed E-state index contributed by atoms with van der Waals surface area (Å²) in [6.45, 7) is 3.91. The molecule has 118 valence electrons. The van der Waals surface area contributed by atoms with E-state index < -0.39 is 5.97 Å². The number of fused-ring (bicyclic) bond motifs is 1. The van der Waals surface area contributed by atoms with Crippen LogP contribution in [-0.4, -0.2) is 34.3 Å². The minimum absolute atomic E-state index is 0.128. The van der Waals surface area contributed by atoms with Gasteiger partial charge >= 0.3 is 5.97 Å². The number of methoxy groups -OCH3 is 1. The monoisotopic (exact) mass is 304 g/mol. The highest BCUT2D eigenvalue weighted by atomic mass is 16.5. The van der Waals surface area contributed by atoms with Crippen LogP contribution >= 0.6 is 0 Å². The summed E-state index contributed by atoms with van der Waals surface area (Å²) in [7, 11) is 1.31. The van der Waals surface area contributed by atoms with Gasteiger partial charge in [0, 0.05) is 18.1 Å². The molecule has 6 heteroatoms. The van der Waals surface area contributed by atoms with Gasteiger partial charge in [-0.1, -0.05) is 13.8 Å². The highest BCUT2D eigenvalue weighted by Crippen LogP contribution is 2.23. The second kappa shape index (κ2) is 6.70. The third kappa shape index (κ3) is 2.62. The Labute approximate surface area is 128 Å². The van der Waals surface area contributed by atoms with Crippen LogP contribution in [0.1, 0.15) is 35.6 Å². The maximum absolute atomic E-state index is 12.6. The molecule has 0 aliphatic carbocycles. The molecule has 2 rings (SSSR count). The molecule has 1 N–H and O–H groups in total. The first kappa shape index (κ1) is 16.2. The van der Waals surface area contributed by atoms with Crippen molar-refractivity contribution in [2.75, 3.05) is 13.7 Å². The van der Waals surface area contributed by atoms with Crippen molar-refractivity contribution in [3.63, 3.8) is 0 Å². The lowest BCUT2D eigenvalue weighted by Crippen LogP contribution is -2.24. The summed E-state index contributed by atoms with van der Waals surface area (Å²) >= 11 is 0. The van der Waals surface area contributed by atoms with Crippen LogP contribution in [0.15, 0.2) is 17.1 Å². The number of carbonyl (C=O) groups excluding carboxylic acids is 1. The van der Waals surface area contributed by atoms with Crippen molar-refractivity contribution in [1.29, 1.82) is 0 Å². The lowest BCUT2D eigenvalue weighted by molar-refractivity contribution is 0.0601. The fourth-order valence-electron chi connectivity index (χ4n) is 2.62. The van der Waals surface area contributed by atoms with Crippen molar-refractivity contribution in [3.8, 4) is 0 Å². The summed E-state index contributed by atoms with van der Waals surface area (Å²) in [6.07, 6.45) is 2.75. The zero-order chi connectivity index (χ0) is 16.3. The average molecular weight is 304 g/mol. The van der Waals surface area contributed by atoms with Crippen LogP contribution in [0.4, 0.5) is 0 Å². The van der Waals surface area contributed by atoms with Gasteiger partial charge in [0.25, 0.3) is 5.56 Å². The summed E-state index contributed by atoms with van der Waals surface area (Å²) in [6, 6.07) is 1.72. The minimum atomic E-state index is -0.490. The van der Waals surface area contributed by atoms with Crippen LogP contribution in [-0.2, 0) is 24.1 Å². The fraction of sp³-hybridized carbons (Fsp3) is 0.438. The summed E-state index contributed by atoms with van der Waals surface area (Å²) in [4.78, 5) is 29.2. The number of hydrogen-bond donors (Lipinski definition) is 1. The van der Waals surface area contributed by atoms with Gasteiger partial charge in [0.1, 0.15) is 0 Å². The Hall–Kier alpha value is -2.21. The van der Waals surface area contributed by atoms with E-state index in [1.54, 1.807) is 12.3 Å². The van der Waals surface area contributed by atoms with E-state index in [2.05, 4.69) is 4.98 Å². The molecule has 0 amide bonds. The van der Waals surface area contributed by atoms with Gasteiger partial charge in [-0.05, 0) is 18.9 Å². The number of carbonyl (C=O) groups is 1. The normalized spacial score (nSPS) is 10.9. The predicted molar refractivity (Wildman–Crippen MR) is 83.2 cm³/mol. The lowest BCUT2D eigenvalue weighted by Gasteiger charge is -2.14. The van der Waals surface area contributed by atoms with E-state index in [9.17, 15) is 9.59 Å². The number of aliphatic hydroxyl groups is 1. The standard InChI is InChI=1S/C16H20N2O4/c1-4-11-13-10(6-7-18(8-9-19)15(13)20)14(16(21)22-3)12(5-2)17-11/h6-7,19H,4-5,8-9H2,1-3H3. The molecule has 0 radical (unpaired) electrons. The van der Waals surface area contributed by atoms with E-state index in [0.29, 0.717) is 40.6 Å². The van der Waals surface area contributed by atoms with Crippen molar-refractivity contribution in [2.45, 2.75) is 33.2 Å². The Kier molecular flexibility index (Phi) is 4.92. The lowest BCUT2D eigenvalue weighted by atomic mass is 10.0. The molecule has 0 aliphatic rings. The van der Waals surface area contributed by atoms with Gasteiger partial charge in [0.15, 0.2) is 0 Å². The third-order valence-electron chi connectivity index (χ3n) is 3.68. The van der Waals surface area contributed by atoms with Gasteiger partial charge in [0.05, 0.1) is 36.1 Å². The molecule has 0 spiro atoms. The van der Waals surface area contributed by atoms with E-state index in [4.69, 9.17) is 9.84 Å². The van der Waals surface area contributed by atoms with E-state index in [1.807, 2.05) is 13.8 Å². The summed E-state index contributed by atoms with van der Waals surface area (Å²) in [5.74, 6) is -0.490. The Balaban J connectivity index is 2.92. The topological polar surface area (TPSA) is 81.4 Å². The molecule has 0 unspecified atom stereocenters. The zero-order valence-corrected chi connectivity index (χ0v) is 13.0. The number of nitrogens with zero attached hydrogens (tertiary/aromatic N) is 2. The van der Waals surface area contributed by atoms with Crippen molar-refractivity contribution in [3.05, 3.63) is 39.6 Å². The SMILES string of the molecule is CCc1nc(CC)c2c(=O)n(CCO)ccc2c1C(=O)OC. The highest BCUT2D eigenvalue weighted by molar-refractivity contribution is 6.05. The smallest absolute Gasteiger partial charge is 0.340 e. The molecule has 0 saturated carbocycles. The molecule has 0 aliphatic heterocycles. The van der Waals surface area contributed by atoms with Crippen molar-refractivity contribution >= 4 is 16.7 Å². The number of esters is 1. The first-order valence-corrected chi connectivity index (χ1v) is 7.33. The Morgan fingerprint density at radius 1 is 1.32 bits per heavy atom. The van der Waals surface area contributed by atoms with Crippen LogP contribution in [0.2, 0.25) is 0 Å². The summed E-state index contributed by atoms with van der Waals surface area (Å²) < 4.78 is 6.28. The molecular weight excluding hydrogens is 284 g/mol. The van der Waals surface area contributed by atoms with Gasteiger partial charge in [-0.25, -0.2) is 4.79 Å². The van der Waals surface area contributed by atoms with E-state index >= 15 is 0 Å². The summed E-state index contributed by atoms with van der Waals surface area (Å²) in [5, 5.41) is 10.0. The predicted octanol–water partition coefficient (Wildman–Crippen LogP) is 1.30. The number of aryl methyl sites for hydroxylation is 2. The third-order valence-corrected chi connectivity index (χ3v) is 3.68. The van der Waals surface area contributed by atoms with Crippen LogP contribution in [0.5, 0.6) is 0 Å². The fourth-order valence-corrected chi connectivity index (χ4v) is 2.62. The van der Waals surface area contributed by atoms with Crippen molar-refractivity contribution < 1.29 is 14.6 Å². The van der Waals surface area contributed by atoms with Crippen LogP contribution in [0.3, 0.4) is 0 Å². The van der Waals surface area contributed by atoms with Crippen molar-refractivity contribution in [2.24, 2.45) is 0 Å².